The number of aromatic amines is 1. The number of anilines is 1. The monoisotopic (exact) mass is 342 g/mol. The van der Waals surface area contributed by atoms with Gasteiger partial charge in [-0.15, -0.1) is 0 Å². The molecule has 0 amide bonds. The van der Waals surface area contributed by atoms with Gasteiger partial charge in [0.05, 0.1) is 12.5 Å². The van der Waals surface area contributed by atoms with Gasteiger partial charge in [0.25, 0.3) is 0 Å². The smallest absolute Gasteiger partial charge is 0.309 e. The number of esters is 1. The second kappa shape index (κ2) is 6.31. The van der Waals surface area contributed by atoms with Gasteiger partial charge in [0, 0.05) is 24.0 Å². The van der Waals surface area contributed by atoms with Crippen LogP contribution in [0.3, 0.4) is 0 Å². The number of aromatic nitrogens is 3. The summed E-state index contributed by atoms with van der Waals surface area (Å²) in [5.41, 5.74) is 2.35. The molecule has 1 aliphatic heterocycles. The largest absolute Gasteiger partial charge is 0.466 e. The van der Waals surface area contributed by atoms with Crippen molar-refractivity contribution >= 4 is 33.7 Å². The summed E-state index contributed by atoms with van der Waals surface area (Å²) in [6.07, 6.45) is 2.98. The van der Waals surface area contributed by atoms with Crippen molar-refractivity contribution in [2.24, 2.45) is 5.92 Å². The van der Waals surface area contributed by atoms with E-state index < -0.39 is 0 Å². The third kappa shape index (κ3) is 2.79. The van der Waals surface area contributed by atoms with Crippen LogP contribution in [0.15, 0.2) is 24.5 Å². The molecule has 3 aromatic rings. The third-order valence-corrected chi connectivity index (χ3v) is 4.74. The molecule has 1 N–H and O–H groups in total. The fourth-order valence-electron chi connectivity index (χ4n) is 3.48. The van der Waals surface area contributed by atoms with Crippen molar-refractivity contribution in [3.8, 4) is 0 Å². The van der Waals surface area contributed by atoms with Crippen LogP contribution in [-0.4, -0.2) is 40.6 Å². The molecule has 0 radical (unpaired) electrons. The van der Waals surface area contributed by atoms with Crippen LogP contribution in [0, 0.1) is 11.7 Å². The van der Waals surface area contributed by atoms with Gasteiger partial charge in [0.1, 0.15) is 23.2 Å². The number of nitrogens with one attached hydrogen (secondary N) is 1. The lowest BCUT2D eigenvalue weighted by Crippen LogP contribution is -2.37. The Bertz CT molecular complexity index is 931. The number of benzene rings is 1. The number of rotatable bonds is 3. The van der Waals surface area contributed by atoms with Crippen LogP contribution < -0.4 is 4.90 Å². The summed E-state index contributed by atoms with van der Waals surface area (Å²) in [7, 11) is 0. The normalized spacial score (nSPS) is 15.8. The number of halogens is 1. The van der Waals surface area contributed by atoms with E-state index in [4.69, 9.17) is 4.74 Å². The molecule has 0 aliphatic carbocycles. The molecule has 1 saturated heterocycles. The molecule has 25 heavy (non-hydrogen) atoms. The summed E-state index contributed by atoms with van der Waals surface area (Å²) >= 11 is 0. The average molecular weight is 342 g/mol. The van der Waals surface area contributed by atoms with Crippen molar-refractivity contribution in [2.45, 2.75) is 19.8 Å². The molecule has 0 saturated carbocycles. The highest BCUT2D eigenvalue weighted by atomic mass is 19.1. The summed E-state index contributed by atoms with van der Waals surface area (Å²) in [4.78, 5) is 26.1. The Balaban J connectivity index is 1.64. The number of hydrogen-bond acceptors (Lipinski definition) is 5. The minimum atomic E-state index is -0.288. The quantitative estimate of drug-likeness (QED) is 0.741. The highest BCUT2D eigenvalue weighted by Crippen LogP contribution is 2.31. The van der Waals surface area contributed by atoms with Crippen molar-refractivity contribution in [3.63, 3.8) is 0 Å². The van der Waals surface area contributed by atoms with Gasteiger partial charge in [-0.1, -0.05) is 0 Å². The Morgan fingerprint density at radius 1 is 1.36 bits per heavy atom. The Morgan fingerprint density at radius 2 is 2.16 bits per heavy atom. The molecule has 1 aliphatic rings. The highest BCUT2D eigenvalue weighted by Gasteiger charge is 2.27. The zero-order valence-corrected chi connectivity index (χ0v) is 14.0. The lowest BCUT2D eigenvalue weighted by Gasteiger charge is -2.31. The number of fused-ring (bicyclic) bond motifs is 3. The molecule has 4 rings (SSSR count). The first-order chi connectivity index (χ1) is 12.2. The van der Waals surface area contributed by atoms with Crippen LogP contribution in [0.4, 0.5) is 10.2 Å². The van der Waals surface area contributed by atoms with E-state index in [2.05, 4.69) is 19.9 Å². The van der Waals surface area contributed by atoms with Crippen molar-refractivity contribution in [1.29, 1.82) is 0 Å². The second-order valence-corrected chi connectivity index (χ2v) is 6.25. The van der Waals surface area contributed by atoms with Gasteiger partial charge in [0.2, 0.25) is 0 Å². The maximum absolute atomic E-state index is 13.6. The number of nitrogens with zero attached hydrogens (tertiary/aromatic N) is 3. The average Bonchev–Trinajstić information content (AvgIpc) is 3.00. The lowest BCUT2D eigenvalue weighted by atomic mass is 9.97. The Labute approximate surface area is 144 Å². The zero-order valence-electron chi connectivity index (χ0n) is 14.0. The first-order valence-electron chi connectivity index (χ1n) is 8.51. The predicted octanol–water partition coefficient (Wildman–Crippen LogP) is 3.03. The molecule has 0 unspecified atom stereocenters. The summed E-state index contributed by atoms with van der Waals surface area (Å²) in [5.74, 6) is 0.342. The van der Waals surface area contributed by atoms with Gasteiger partial charge in [0.15, 0.2) is 5.82 Å². The molecule has 6 nitrogen and oxygen atoms in total. The van der Waals surface area contributed by atoms with E-state index >= 15 is 0 Å². The Morgan fingerprint density at radius 3 is 2.92 bits per heavy atom. The molecule has 130 valence electrons. The molecule has 1 fully saturated rings. The van der Waals surface area contributed by atoms with E-state index in [1.807, 2.05) is 6.92 Å². The van der Waals surface area contributed by atoms with Gasteiger partial charge < -0.3 is 14.6 Å². The molecule has 0 spiro atoms. The van der Waals surface area contributed by atoms with E-state index in [1.165, 1.54) is 18.5 Å². The minimum absolute atomic E-state index is 0.0506. The van der Waals surface area contributed by atoms with Crippen molar-refractivity contribution in [2.75, 3.05) is 24.6 Å². The molecule has 0 bridgehead atoms. The zero-order chi connectivity index (χ0) is 17.4. The highest BCUT2D eigenvalue weighted by molar-refractivity contribution is 6.08. The van der Waals surface area contributed by atoms with Gasteiger partial charge in [-0.3, -0.25) is 4.79 Å². The molecule has 1 aromatic carbocycles. The number of hydrogen-bond donors (Lipinski definition) is 1. The number of carbonyl (C=O) groups excluding carboxylic acids is 1. The molecular weight excluding hydrogens is 323 g/mol. The number of carbonyl (C=O) groups is 1. The first kappa shape index (κ1) is 15.8. The topological polar surface area (TPSA) is 71.1 Å². The van der Waals surface area contributed by atoms with Gasteiger partial charge in [-0.2, -0.15) is 0 Å². The summed E-state index contributed by atoms with van der Waals surface area (Å²) < 4.78 is 18.7. The van der Waals surface area contributed by atoms with E-state index in [0.717, 1.165) is 48.2 Å². The van der Waals surface area contributed by atoms with E-state index in [0.29, 0.717) is 12.1 Å². The fraction of sp³-hybridized carbons (Fsp3) is 0.389. The van der Waals surface area contributed by atoms with E-state index in [-0.39, 0.29) is 17.7 Å². The standard InChI is InChI=1S/C18H19FN4O2/c1-2-25-18(24)11-5-7-23(8-6-11)17-16-15(20-10-21-17)13-9-12(19)3-4-14(13)22-16/h3-4,9-11,22H,2,5-8H2,1H3. The lowest BCUT2D eigenvalue weighted by molar-refractivity contribution is -0.148. The van der Waals surface area contributed by atoms with Crippen LogP contribution in [0.1, 0.15) is 19.8 Å². The Kier molecular flexibility index (Phi) is 3.99. The molecule has 2 aromatic heterocycles. The van der Waals surface area contributed by atoms with Crippen LogP contribution in [-0.2, 0) is 9.53 Å². The number of H-pyrrole nitrogens is 1. The van der Waals surface area contributed by atoms with Crippen molar-refractivity contribution in [3.05, 3.63) is 30.3 Å². The van der Waals surface area contributed by atoms with Crippen molar-refractivity contribution in [1.82, 2.24) is 15.0 Å². The molecule has 3 heterocycles. The van der Waals surface area contributed by atoms with Crippen LogP contribution in [0.25, 0.3) is 21.9 Å². The van der Waals surface area contributed by atoms with Crippen LogP contribution in [0.2, 0.25) is 0 Å². The third-order valence-electron chi connectivity index (χ3n) is 4.74. The van der Waals surface area contributed by atoms with Gasteiger partial charge >= 0.3 is 5.97 Å². The maximum Gasteiger partial charge on any atom is 0.309 e. The predicted molar refractivity (Wildman–Crippen MR) is 92.9 cm³/mol. The molecule has 7 heteroatoms. The van der Waals surface area contributed by atoms with Gasteiger partial charge in [-0.05, 0) is 38.0 Å². The SMILES string of the molecule is CCOC(=O)C1CCN(c2ncnc3c2[nH]c2ccc(F)cc23)CC1. The van der Waals surface area contributed by atoms with E-state index in [9.17, 15) is 9.18 Å². The number of ether oxygens (including phenoxy) is 1. The molecule has 0 atom stereocenters. The van der Waals surface area contributed by atoms with Crippen LogP contribution >= 0.6 is 0 Å². The maximum atomic E-state index is 13.6. The summed E-state index contributed by atoms with van der Waals surface area (Å²) in [5, 5.41) is 0.750. The first-order valence-corrected chi connectivity index (χ1v) is 8.51. The van der Waals surface area contributed by atoms with E-state index in [1.54, 1.807) is 6.07 Å². The number of piperidine rings is 1. The van der Waals surface area contributed by atoms with Crippen molar-refractivity contribution < 1.29 is 13.9 Å². The molecular formula is C18H19FN4O2. The van der Waals surface area contributed by atoms with Crippen LogP contribution in [0.5, 0.6) is 0 Å². The second-order valence-electron chi connectivity index (χ2n) is 6.25. The Hall–Kier alpha value is -2.70. The fourth-order valence-corrected chi connectivity index (χ4v) is 3.48. The summed E-state index contributed by atoms with van der Waals surface area (Å²) in [6, 6.07) is 4.62. The summed E-state index contributed by atoms with van der Waals surface area (Å²) in [6.45, 7) is 3.68. The van der Waals surface area contributed by atoms with Gasteiger partial charge in [-0.25, -0.2) is 14.4 Å². The minimum Gasteiger partial charge on any atom is -0.466 e.